The molecule has 2 heteroatoms. The average Bonchev–Trinajstić information content (AvgIpc) is 1.98. The maximum Gasteiger partial charge on any atom is 0.0884 e. The van der Waals surface area contributed by atoms with Crippen LogP contribution >= 0.6 is 0 Å². The fourth-order valence-corrected chi connectivity index (χ4v) is 0.795. The summed E-state index contributed by atoms with van der Waals surface area (Å²) in [6, 6.07) is 0. The molecule has 0 saturated heterocycles. The first kappa shape index (κ1) is 9.66. The fraction of sp³-hybridized carbons (Fsp3) is 0.750. The van der Waals surface area contributed by atoms with E-state index in [1.54, 1.807) is 0 Å². The van der Waals surface area contributed by atoms with Gasteiger partial charge in [0.25, 0.3) is 0 Å². The quantitative estimate of drug-likeness (QED) is 0.323. The molecule has 0 aliphatic carbocycles. The van der Waals surface area contributed by atoms with Gasteiger partial charge in [-0.05, 0) is 6.42 Å². The molecule has 0 rings (SSSR count). The lowest BCUT2D eigenvalue weighted by atomic mass is 10.1. The van der Waals surface area contributed by atoms with Crippen LogP contribution in [0.1, 0.15) is 19.8 Å². The Hall–Kier alpha value is -0.340. The van der Waals surface area contributed by atoms with Gasteiger partial charge in [0, 0.05) is 5.92 Å². The van der Waals surface area contributed by atoms with Crippen LogP contribution in [0, 0.1) is 5.92 Å². The summed E-state index contributed by atoms with van der Waals surface area (Å²) in [4.78, 5) is 9.24. The average molecular weight is 144 g/mol. The van der Waals surface area contributed by atoms with E-state index in [1.165, 1.54) is 7.11 Å². The molecule has 0 N–H and O–H groups in total. The van der Waals surface area contributed by atoms with Crippen molar-refractivity contribution in [2.75, 3.05) is 13.7 Å². The van der Waals surface area contributed by atoms with Gasteiger partial charge in [-0.2, -0.15) is 0 Å². The smallest absolute Gasteiger partial charge is 0.0884 e. The normalized spacial score (nSPS) is 13.0. The van der Waals surface area contributed by atoms with Crippen LogP contribution in [-0.4, -0.2) is 13.7 Å². The van der Waals surface area contributed by atoms with Crippen LogP contribution in [0.5, 0.6) is 0 Å². The third-order valence-corrected chi connectivity index (χ3v) is 1.39. The van der Waals surface area contributed by atoms with E-state index in [0.717, 1.165) is 12.8 Å². The summed E-state index contributed by atoms with van der Waals surface area (Å²) in [5.74, 6) is 0.435. The van der Waals surface area contributed by atoms with E-state index in [0.29, 0.717) is 12.5 Å². The minimum Gasteiger partial charge on any atom is -0.240 e. The van der Waals surface area contributed by atoms with Crippen molar-refractivity contribution in [3.8, 4) is 0 Å². The molecule has 0 heterocycles. The second-order valence-corrected chi connectivity index (χ2v) is 2.24. The van der Waals surface area contributed by atoms with Gasteiger partial charge in [-0.25, -0.2) is 9.78 Å². The molecule has 0 spiro atoms. The second-order valence-electron chi connectivity index (χ2n) is 2.24. The van der Waals surface area contributed by atoms with Gasteiger partial charge in [-0.3, -0.25) is 0 Å². The van der Waals surface area contributed by atoms with Gasteiger partial charge < -0.3 is 0 Å². The first-order valence-corrected chi connectivity index (χ1v) is 3.63. The van der Waals surface area contributed by atoms with Crippen molar-refractivity contribution < 1.29 is 9.78 Å². The third kappa shape index (κ3) is 4.53. The van der Waals surface area contributed by atoms with Gasteiger partial charge in [0.05, 0.1) is 13.7 Å². The predicted molar refractivity (Wildman–Crippen MR) is 41.6 cm³/mol. The van der Waals surface area contributed by atoms with Crippen molar-refractivity contribution in [3.05, 3.63) is 12.7 Å². The van der Waals surface area contributed by atoms with Crippen LogP contribution in [0.25, 0.3) is 0 Å². The van der Waals surface area contributed by atoms with Gasteiger partial charge in [0.15, 0.2) is 0 Å². The monoisotopic (exact) mass is 144 g/mol. The molecule has 0 aromatic rings. The number of hydrogen-bond acceptors (Lipinski definition) is 2. The van der Waals surface area contributed by atoms with Gasteiger partial charge in [-0.15, -0.1) is 6.58 Å². The Kier molecular flexibility index (Phi) is 6.55. The zero-order valence-electron chi connectivity index (χ0n) is 6.80. The Morgan fingerprint density at radius 3 is 2.70 bits per heavy atom. The van der Waals surface area contributed by atoms with Crippen molar-refractivity contribution in [2.45, 2.75) is 19.8 Å². The lowest BCUT2D eigenvalue weighted by molar-refractivity contribution is -0.277. The third-order valence-electron chi connectivity index (χ3n) is 1.39. The van der Waals surface area contributed by atoms with Crippen molar-refractivity contribution >= 4 is 0 Å². The van der Waals surface area contributed by atoms with E-state index in [9.17, 15) is 0 Å². The first-order valence-electron chi connectivity index (χ1n) is 3.63. The van der Waals surface area contributed by atoms with E-state index < -0.39 is 0 Å². The molecule has 1 unspecified atom stereocenters. The molecule has 1 atom stereocenters. The summed E-state index contributed by atoms with van der Waals surface area (Å²) in [6.07, 6.45) is 4.18. The Bertz CT molecular complexity index is 81.3. The largest absolute Gasteiger partial charge is 0.240 e. The molecule has 0 saturated carbocycles. The molecule has 0 aromatic heterocycles. The van der Waals surface area contributed by atoms with Gasteiger partial charge >= 0.3 is 0 Å². The second kappa shape index (κ2) is 6.78. The molecule has 0 aromatic carbocycles. The lowest BCUT2D eigenvalue weighted by Crippen LogP contribution is -2.05. The van der Waals surface area contributed by atoms with Crippen LogP contribution in [0.4, 0.5) is 0 Å². The Balaban J connectivity index is 3.29. The molecule has 2 nitrogen and oxygen atoms in total. The maximum atomic E-state index is 4.77. The molecular weight excluding hydrogens is 128 g/mol. The molecule has 0 aliphatic rings. The molecule has 0 aliphatic heterocycles. The van der Waals surface area contributed by atoms with E-state index in [-0.39, 0.29) is 0 Å². The molecule has 60 valence electrons. The molecule has 0 amide bonds. The number of rotatable bonds is 6. The molecular formula is C8H16O2. The summed E-state index contributed by atoms with van der Waals surface area (Å²) in [5, 5.41) is 0. The highest BCUT2D eigenvalue weighted by Crippen LogP contribution is 2.07. The fourth-order valence-electron chi connectivity index (χ4n) is 0.795. The zero-order chi connectivity index (χ0) is 7.82. The van der Waals surface area contributed by atoms with Crippen LogP contribution < -0.4 is 0 Å². The predicted octanol–water partition coefficient (Wildman–Crippen LogP) is 2.17. The minimum atomic E-state index is 0.435. The maximum absolute atomic E-state index is 4.77. The summed E-state index contributed by atoms with van der Waals surface area (Å²) >= 11 is 0. The summed E-state index contributed by atoms with van der Waals surface area (Å²) in [5.41, 5.74) is 0. The number of hydrogen-bond donors (Lipinski definition) is 0. The van der Waals surface area contributed by atoms with E-state index in [4.69, 9.17) is 4.89 Å². The van der Waals surface area contributed by atoms with E-state index in [1.807, 2.05) is 6.08 Å². The van der Waals surface area contributed by atoms with E-state index in [2.05, 4.69) is 18.4 Å². The van der Waals surface area contributed by atoms with Gasteiger partial charge in [0.2, 0.25) is 0 Å². The molecule has 0 radical (unpaired) electrons. The van der Waals surface area contributed by atoms with Crippen molar-refractivity contribution in [1.82, 2.24) is 0 Å². The molecule has 0 fully saturated rings. The van der Waals surface area contributed by atoms with Crippen molar-refractivity contribution in [3.63, 3.8) is 0 Å². The van der Waals surface area contributed by atoms with Crippen molar-refractivity contribution in [1.29, 1.82) is 0 Å². The van der Waals surface area contributed by atoms with Gasteiger partial charge in [-0.1, -0.05) is 19.4 Å². The Labute approximate surface area is 62.8 Å². The van der Waals surface area contributed by atoms with Crippen molar-refractivity contribution in [2.24, 2.45) is 5.92 Å². The summed E-state index contributed by atoms with van der Waals surface area (Å²) in [7, 11) is 1.52. The van der Waals surface area contributed by atoms with Crippen LogP contribution in [0.15, 0.2) is 12.7 Å². The topological polar surface area (TPSA) is 18.5 Å². The van der Waals surface area contributed by atoms with E-state index >= 15 is 0 Å². The summed E-state index contributed by atoms with van der Waals surface area (Å²) < 4.78 is 0. The summed E-state index contributed by atoms with van der Waals surface area (Å²) in [6.45, 7) is 6.46. The Morgan fingerprint density at radius 2 is 2.30 bits per heavy atom. The van der Waals surface area contributed by atoms with Crippen LogP contribution in [0.3, 0.4) is 0 Å². The molecule has 10 heavy (non-hydrogen) atoms. The SMILES string of the molecule is C=CC(CCC)COOC. The minimum absolute atomic E-state index is 0.435. The molecule has 0 bridgehead atoms. The first-order chi connectivity index (χ1) is 4.85. The highest BCUT2D eigenvalue weighted by Gasteiger charge is 2.01. The van der Waals surface area contributed by atoms with Gasteiger partial charge in [0.1, 0.15) is 0 Å². The van der Waals surface area contributed by atoms with Crippen LogP contribution in [0.2, 0.25) is 0 Å². The lowest BCUT2D eigenvalue weighted by Gasteiger charge is -2.08. The van der Waals surface area contributed by atoms with Crippen LogP contribution in [-0.2, 0) is 9.78 Å². The standard InChI is InChI=1S/C8H16O2/c1-4-6-8(5-2)7-10-9-3/h5,8H,2,4,6-7H2,1,3H3. The highest BCUT2D eigenvalue weighted by atomic mass is 17.2. The zero-order valence-corrected chi connectivity index (χ0v) is 6.80. The Morgan fingerprint density at radius 1 is 1.60 bits per heavy atom. The highest BCUT2D eigenvalue weighted by molar-refractivity contribution is 4.77.